The molecule has 3 fully saturated rings. The zero-order valence-electron chi connectivity index (χ0n) is 18.4. The Morgan fingerprint density at radius 3 is 2.55 bits per heavy atom. The first-order valence-electron chi connectivity index (χ1n) is 11.1. The van der Waals surface area contributed by atoms with Crippen LogP contribution in [0.1, 0.15) is 51.1 Å². The molecule has 3 aliphatic heterocycles. The Kier molecular flexibility index (Phi) is 5.90. The van der Waals surface area contributed by atoms with E-state index in [1.54, 1.807) is 14.2 Å². The fourth-order valence-corrected chi connectivity index (χ4v) is 6.01. The van der Waals surface area contributed by atoms with Crippen LogP contribution in [0.4, 0.5) is 0 Å². The Hall–Kier alpha value is -1.59. The maximum Gasteiger partial charge on any atom is 0.230 e. The third-order valence-electron chi connectivity index (χ3n) is 7.26. The van der Waals surface area contributed by atoms with Crippen LogP contribution in [-0.2, 0) is 9.53 Å². The number of fused-ring (bicyclic) bond motifs is 4. The summed E-state index contributed by atoms with van der Waals surface area (Å²) in [6, 6.07) is 9.73. The molecule has 5 nitrogen and oxygen atoms in total. The van der Waals surface area contributed by atoms with Gasteiger partial charge in [-0.15, -0.1) is 0 Å². The number of rotatable bonds is 5. The summed E-state index contributed by atoms with van der Waals surface area (Å²) in [4.78, 5) is 18.1. The third-order valence-corrected chi connectivity index (χ3v) is 7.26. The molecule has 160 valence electrons. The van der Waals surface area contributed by atoms with Crippen molar-refractivity contribution < 1.29 is 14.3 Å². The van der Waals surface area contributed by atoms with Gasteiger partial charge in [-0.25, -0.2) is 0 Å². The van der Waals surface area contributed by atoms with E-state index in [1.165, 1.54) is 31.2 Å². The van der Waals surface area contributed by atoms with Crippen LogP contribution in [0.2, 0.25) is 0 Å². The molecular weight excluding hydrogens is 364 g/mol. The van der Waals surface area contributed by atoms with E-state index in [1.807, 2.05) is 13.8 Å². The number of carbonyl (C=O) groups is 1. The molecule has 0 unspecified atom stereocenters. The van der Waals surface area contributed by atoms with Crippen LogP contribution in [0.5, 0.6) is 5.75 Å². The van der Waals surface area contributed by atoms with E-state index in [9.17, 15) is 4.79 Å². The van der Waals surface area contributed by atoms with Gasteiger partial charge in [-0.1, -0.05) is 12.1 Å². The van der Waals surface area contributed by atoms with E-state index >= 15 is 0 Å². The summed E-state index contributed by atoms with van der Waals surface area (Å²) in [5, 5.41) is 0. The van der Waals surface area contributed by atoms with Gasteiger partial charge in [-0.2, -0.15) is 0 Å². The first-order valence-corrected chi connectivity index (χ1v) is 11.1. The monoisotopic (exact) mass is 400 g/mol. The van der Waals surface area contributed by atoms with E-state index in [-0.39, 0.29) is 5.91 Å². The molecule has 1 aromatic rings. The number of carbonyl (C=O) groups excluding carboxylic acids is 1. The van der Waals surface area contributed by atoms with Gasteiger partial charge >= 0.3 is 0 Å². The van der Waals surface area contributed by atoms with Crippen molar-refractivity contribution in [1.82, 2.24) is 9.80 Å². The fraction of sp³-hybridized carbons (Fsp3) is 0.708. The zero-order valence-corrected chi connectivity index (χ0v) is 18.4. The molecule has 3 saturated heterocycles. The van der Waals surface area contributed by atoms with Crippen LogP contribution in [0.25, 0.3) is 0 Å². The van der Waals surface area contributed by atoms with Crippen molar-refractivity contribution in [2.75, 3.05) is 40.5 Å². The van der Waals surface area contributed by atoms with Gasteiger partial charge in [0.25, 0.3) is 0 Å². The van der Waals surface area contributed by atoms with Gasteiger partial charge < -0.3 is 14.4 Å². The summed E-state index contributed by atoms with van der Waals surface area (Å²) in [5.74, 6) is 2.34. The molecule has 1 aromatic carbocycles. The minimum Gasteiger partial charge on any atom is -0.497 e. The SMILES string of the molecule is COCC(C)(C)C(=O)N1C[C@@H]2C[C@H](C1)[C@@H]1CCC[C@H](c3ccc(OC)cc3)N1C2. The van der Waals surface area contributed by atoms with Crippen molar-refractivity contribution in [1.29, 1.82) is 0 Å². The highest BCUT2D eigenvalue weighted by Gasteiger charge is 2.47. The molecule has 0 aliphatic carbocycles. The van der Waals surface area contributed by atoms with Crippen molar-refractivity contribution in [3.8, 4) is 5.75 Å². The number of piperidine rings is 3. The topological polar surface area (TPSA) is 42.0 Å². The molecule has 4 atom stereocenters. The highest BCUT2D eigenvalue weighted by atomic mass is 16.5. The molecule has 0 aromatic heterocycles. The van der Waals surface area contributed by atoms with Crippen LogP contribution < -0.4 is 4.74 Å². The quantitative estimate of drug-likeness (QED) is 0.755. The third kappa shape index (κ3) is 4.04. The van der Waals surface area contributed by atoms with Gasteiger partial charge in [-0.05, 0) is 69.1 Å². The average molecular weight is 401 g/mol. The van der Waals surface area contributed by atoms with Crippen LogP contribution in [0.15, 0.2) is 24.3 Å². The molecule has 3 aliphatic rings. The Morgan fingerprint density at radius 2 is 1.86 bits per heavy atom. The predicted molar refractivity (Wildman–Crippen MR) is 114 cm³/mol. The number of nitrogens with zero attached hydrogens (tertiary/aromatic N) is 2. The van der Waals surface area contributed by atoms with E-state index in [4.69, 9.17) is 9.47 Å². The first-order chi connectivity index (χ1) is 13.9. The molecule has 29 heavy (non-hydrogen) atoms. The smallest absolute Gasteiger partial charge is 0.230 e. The highest BCUT2D eigenvalue weighted by molar-refractivity contribution is 5.82. The molecule has 0 saturated carbocycles. The summed E-state index contributed by atoms with van der Waals surface area (Å²) in [6.45, 7) is 7.39. The Morgan fingerprint density at radius 1 is 1.10 bits per heavy atom. The second-order valence-corrected chi connectivity index (χ2v) is 9.87. The standard InChI is InChI=1S/C24H36N2O3/c1-24(2,16-28-3)23(27)25-13-17-12-19(15-25)22-7-5-6-21(26(22)14-17)18-8-10-20(29-4)11-9-18/h8-11,17,19,21-22H,5-7,12-16H2,1-4H3/t17-,19+,21+,22-/m0/s1. The van der Waals surface area contributed by atoms with Crippen LogP contribution in [0.3, 0.4) is 0 Å². The van der Waals surface area contributed by atoms with E-state index in [0.29, 0.717) is 30.5 Å². The first kappa shape index (κ1) is 20.7. The van der Waals surface area contributed by atoms with Crippen molar-refractivity contribution >= 4 is 5.91 Å². The maximum atomic E-state index is 13.2. The number of likely N-dealkylation sites (tertiary alicyclic amines) is 1. The lowest BCUT2D eigenvalue weighted by Crippen LogP contribution is -2.61. The molecule has 2 bridgehead atoms. The van der Waals surface area contributed by atoms with Crippen molar-refractivity contribution in [2.45, 2.75) is 51.6 Å². The van der Waals surface area contributed by atoms with E-state index in [2.05, 4.69) is 34.1 Å². The summed E-state index contributed by atoms with van der Waals surface area (Å²) < 4.78 is 10.7. The molecular formula is C24H36N2O3. The van der Waals surface area contributed by atoms with E-state index < -0.39 is 5.41 Å². The van der Waals surface area contributed by atoms with Crippen LogP contribution in [0, 0.1) is 17.3 Å². The predicted octanol–water partition coefficient (Wildman–Crippen LogP) is 3.74. The summed E-state index contributed by atoms with van der Waals surface area (Å²) in [7, 11) is 3.40. The normalized spacial score (nSPS) is 30.0. The van der Waals surface area contributed by atoms with Gasteiger partial charge in [0.15, 0.2) is 0 Å². The van der Waals surface area contributed by atoms with Crippen molar-refractivity contribution in [3.63, 3.8) is 0 Å². The average Bonchev–Trinajstić information content (AvgIpc) is 2.72. The highest BCUT2D eigenvalue weighted by Crippen LogP contribution is 2.45. The second-order valence-electron chi connectivity index (χ2n) is 9.87. The van der Waals surface area contributed by atoms with Gasteiger partial charge in [0, 0.05) is 38.8 Å². The Labute approximate surface area is 175 Å². The largest absolute Gasteiger partial charge is 0.497 e. The minimum atomic E-state index is -0.446. The second kappa shape index (κ2) is 8.27. The van der Waals surface area contributed by atoms with Gasteiger partial charge in [0.05, 0.1) is 19.1 Å². The number of methoxy groups -OCH3 is 2. The molecule has 0 radical (unpaired) electrons. The Balaban J connectivity index is 1.50. The maximum absolute atomic E-state index is 13.2. The minimum absolute atomic E-state index is 0.255. The molecule has 0 N–H and O–H groups in total. The summed E-state index contributed by atoms with van der Waals surface area (Å²) in [5.41, 5.74) is 0.961. The summed E-state index contributed by atoms with van der Waals surface area (Å²) >= 11 is 0. The molecule has 5 heteroatoms. The van der Waals surface area contributed by atoms with Crippen molar-refractivity contribution in [2.24, 2.45) is 17.3 Å². The molecule has 3 heterocycles. The van der Waals surface area contributed by atoms with Crippen LogP contribution >= 0.6 is 0 Å². The van der Waals surface area contributed by atoms with Gasteiger partial charge in [-0.3, -0.25) is 9.69 Å². The molecule has 4 rings (SSSR count). The Bertz CT molecular complexity index is 717. The van der Waals surface area contributed by atoms with Gasteiger partial charge in [0.2, 0.25) is 5.91 Å². The molecule has 0 spiro atoms. The lowest BCUT2D eigenvalue weighted by molar-refractivity contribution is -0.150. The lowest BCUT2D eigenvalue weighted by Gasteiger charge is -2.55. The van der Waals surface area contributed by atoms with Crippen LogP contribution in [-0.4, -0.2) is 62.2 Å². The van der Waals surface area contributed by atoms with Crippen molar-refractivity contribution in [3.05, 3.63) is 29.8 Å². The van der Waals surface area contributed by atoms with Gasteiger partial charge in [0.1, 0.15) is 5.75 Å². The van der Waals surface area contributed by atoms with E-state index in [0.717, 1.165) is 25.4 Å². The zero-order chi connectivity index (χ0) is 20.6. The molecule has 1 amide bonds. The number of hydrogen-bond donors (Lipinski definition) is 0. The number of amides is 1. The number of benzene rings is 1. The number of ether oxygens (including phenoxy) is 2. The fourth-order valence-electron chi connectivity index (χ4n) is 6.01. The lowest BCUT2D eigenvalue weighted by atomic mass is 9.73. The summed E-state index contributed by atoms with van der Waals surface area (Å²) in [6.07, 6.45) is 5.02. The number of hydrogen-bond acceptors (Lipinski definition) is 4.